The van der Waals surface area contributed by atoms with E-state index in [0.717, 1.165) is 0 Å². The molecule has 2 aromatic rings. The number of ether oxygens (including phenoxy) is 2. The molecule has 7 heteroatoms. The van der Waals surface area contributed by atoms with Gasteiger partial charge in [-0.15, -0.1) is 0 Å². The van der Waals surface area contributed by atoms with E-state index in [4.69, 9.17) is 32.7 Å². The number of benzene rings is 2. The Kier molecular flexibility index (Phi) is 5.96. The molecule has 0 aromatic heterocycles. The highest BCUT2D eigenvalue weighted by molar-refractivity contribution is 6.42. The number of carbonyl (C=O) groups excluding carboxylic acids is 1. The molecule has 0 bridgehead atoms. The van der Waals surface area contributed by atoms with Crippen molar-refractivity contribution in [1.82, 2.24) is 0 Å². The first-order valence-corrected chi connectivity index (χ1v) is 7.50. The van der Waals surface area contributed by atoms with Crippen LogP contribution in [0, 0.1) is 0 Å². The SMILES string of the molecule is COc1ccc(NCC(=O)Nc2ccc(Cl)c(Cl)c2)c(OC)c1. The summed E-state index contributed by atoms with van der Waals surface area (Å²) in [6.07, 6.45) is 0. The largest absolute Gasteiger partial charge is 0.497 e. The highest BCUT2D eigenvalue weighted by atomic mass is 35.5. The van der Waals surface area contributed by atoms with Gasteiger partial charge in [0.25, 0.3) is 0 Å². The Morgan fingerprint density at radius 3 is 2.48 bits per heavy atom. The minimum absolute atomic E-state index is 0.0724. The van der Waals surface area contributed by atoms with E-state index < -0.39 is 0 Å². The van der Waals surface area contributed by atoms with Crippen molar-refractivity contribution in [2.24, 2.45) is 0 Å². The standard InChI is InChI=1S/C16H16Cl2N2O3/c1-22-11-4-6-14(15(8-11)23-2)19-9-16(21)20-10-3-5-12(17)13(18)7-10/h3-8,19H,9H2,1-2H3,(H,20,21). The van der Waals surface area contributed by atoms with Gasteiger partial charge >= 0.3 is 0 Å². The van der Waals surface area contributed by atoms with Crippen LogP contribution in [-0.2, 0) is 4.79 Å². The van der Waals surface area contributed by atoms with E-state index in [1.165, 1.54) is 0 Å². The zero-order valence-electron chi connectivity index (χ0n) is 12.7. The number of hydrogen-bond acceptors (Lipinski definition) is 4. The molecule has 2 aromatic carbocycles. The Morgan fingerprint density at radius 1 is 1.04 bits per heavy atom. The summed E-state index contributed by atoms with van der Waals surface area (Å²) < 4.78 is 10.4. The number of hydrogen-bond donors (Lipinski definition) is 2. The lowest BCUT2D eigenvalue weighted by Gasteiger charge is -2.12. The summed E-state index contributed by atoms with van der Waals surface area (Å²) in [6, 6.07) is 10.2. The second kappa shape index (κ2) is 7.94. The molecule has 0 atom stereocenters. The Labute approximate surface area is 144 Å². The number of nitrogens with one attached hydrogen (secondary N) is 2. The van der Waals surface area contributed by atoms with Crippen molar-refractivity contribution in [2.45, 2.75) is 0 Å². The molecular weight excluding hydrogens is 339 g/mol. The third-order valence-corrected chi connectivity index (χ3v) is 3.79. The molecule has 2 rings (SSSR count). The maximum absolute atomic E-state index is 12.0. The van der Waals surface area contributed by atoms with E-state index in [0.29, 0.717) is 32.9 Å². The van der Waals surface area contributed by atoms with Crippen LogP contribution in [-0.4, -0.2) is 26.7 Å². The molecule has 0 unspecified atom stereocenters. The number of carbonyl (C=O) groups is 1. The van der Waals surface area contributed by atoms with Gasteiger partial charge in [-0.1, -0.05) is 23.2 Å². The van der Waals surface area contributed by atoms with Crippen LogP contribution in [0.5, 0.6) is 11.5 Å². The van der Waals surface area contributed by atoms with Gasteiger partial charge in [-0.3, -0.25) is 4.79 Å². The van der Waals surface area contributed by atoms with E-state index in [1.807, 2.05) is 0 Å². The van der Waals surface area contributed by atoms with E-state index in [-0.39, 0.29) is 12.5 Å². The molecule has 5 nitrogen and oxygen atoms in total. The molecule has 2 N–H and O–H groups in total. The summed E-state index contributed by atoms with van der Waals surface area (Å²) in [6.45, 7) is 0.0724. The van der Waals surface area contributed by atoms with Crippen molar-refractivity contribution in [3.8, 4) is 11.5 Å². The van der Waals surface area contributed by atoms with Gasteiger partial charge in [0.1, 0.15) is 11.5 Å². The van der Waals surface area contributed by atoms with Gasteiger partial charge < -0.3 is 20.1 Å². The van der Waals surface area contributed by atoms with Gasteiger partial charge in [0.15, 0.2) is 0 Å². The molecule has 0 aliphatic carbocycles. The van der Waals surface area contributed by atoms with Crippen LogP contribution >= 0.6 is 23.2 Å². The van der Waals surface area contributed by atoms with Crippen molar-refractivity contribution >= 4 is 40.5 Å². The summed E-state index contributed by atoms with van der Waals surface area (Å²) in [5.41, 5.74) is 1.27. The Morgan fingerprint density at radius 2 is 1.83 bits per heavy atom. The molecule has 0 saturated carbocycles. The lowest BCUT2D eigenvalue weighted by molar-refractivity contribution is -0.114. The molecule has 0 saturated heterocycles. The van der Waals surface area contributed by atoms with Crippen LogP contribution in [0.15, 0.2) is 36.4 Å². The van der Waals surface area contributed by atoms with E-state index >= 15 is 0 Å². The summed E-state index contributed by atoms with van der Waals surface area (Å²) in [5, 5.41) is 6.56. The lowest BCUT2D eigenvalue weighted by Crippen LogP contribution is -2.21. The number of methoxy groups -OCH3 is 2. The van der Waals surface area contributed by atoms with Gasteiger partial charge in [0.05, 0.1) is 36.5 Å². The molecule has 0 aliphatic rings. The highest BCUT2D eigenvalue weighted by Crippen LogP contribution is 2.29. The highest BCUT2D eigenvalue weighted by Gasteiger charge is 2.08. The Bertz CT molecular complexity index is 708. The molecule has 23 heavy (non-hydrogen) atoms. The maximum atomic E-state index is 12.0. The monoisotopic (exact) mass is 354 g/mol. The maximum Gasteiger partial charge on any atom is 0.243 e. The van der Waals surface area contributed by atoms with Crippen LogP contribution in [0.2, 0.25) is 10.0 Å². The minimum atomic E-state index is -0.221. The first-order chi connectivity index (χ1) is 11.0. The fourth-order valence-corrected chi connectivity index (χ4v) is 2.20. The van der Waals surface area contributed by atoms with Crippen LogP contribution < -0.4 is 20.1 Å². The normalized spacial score (nSPS) is 10.1. The second-order valence-electron chi connectivity index (χ2n) is 4.60. The average molecular weight is 355 g/mol. The topological polar surface area (TPSA) is 59.6 Å². The predicted octanol–water partition coefficient (Wildman–Crippen LogP) is 4.06. The fourth-order valence-electron chi connectivity index (χ4n) is 1.90. The fraction of sp³-hybridized carbons (Fsp3) is 0.188. The smallest absolute Gasteiger partial charge is 0.243 e. The molecule has 122 valence electrons. The van der Waals surface area contributed by atoms with Gasteiger partial charge in [-0.2, -0.15) is 0 Å². The zero-order valence-corrected chi connectivity index (χ0v) is 14.2. The molecular formula is C16H16Cl2N2O3. The molecule has 0 fully saturated rings. The van der Waals surface area contributed by atoms with Crippen molar-refractivity contribution < 1.29 is 14.3 Å². The zero-order chi connectivity index (χ0) is 16.8. The second-order valence-corrected chi connectivity index (χ2v) is 5.41. The molecule has 0 spiro atoms. The van der Waals surface area contributed by atoms with Gasteiger partial charge in [0, 0.05) is 11.8 Å². The number of anilines is 2. The van der Waals surface area contributed by atoms with Crippen LogP contribution in [0.1, 0.15) is 0 Å². The first-order valence-electron chi connectivity index (χ1n) is 6.74. The molecule has 0 radical (unpaired) electrons. The molecule has 0 aliphatic heterocycles. The third-order valence-electron chi connectivity index (χ3n) is 3.05. The summed E-state index contributed by atoms with van der Waals surface area (Å²) in [5.74, 6) is 1.04. The van der Waals surface area contributed by atoms with Crippen LogP contribution in [0.4, 0.5) is 11.4 Å². The van der Waals surface area contributed by atoms with Crippen molar-refractivity contribution in [3.05, 3.63) is 46.4 Å². The minimum Gasteiger partial charge on any atom is -0.497 e. The average Bonchev–Trinajstić information content (AvgIpc) is 2.56. The Hall–Kier alpha value is -2.11. The summed E-state index contributed by atoms with van der Waals surface area (Å²) >= 11 is 11.7. The van der Waals surface area contributed by atoms with Crippen molar-refractivity contribution in [3.63, 3.8) is 0 Å². The summed E-state index contributed by atoms with van der Waals surface area (Å²) in [4.78, 5) is 12.0. The third kappa shape index (κ3) is 4.68. The first kappa shape index (κ1) is 17.2. The molecule has 1 amide bonds. The van der Waals surface area contributed by atoms with Crippen LogP contribution in [0.3, 0.4) is 0 Å². The van der Waals surface area contributed by atoms with E-state index in [2.05, 4.69) is 10.6 Å². The van der Waals surface area contributed by atoms with E-state index in [1.54, 1.807) is 50.6 Å². The van der Waals surface area contributed by atoms with E-state index in [9.17, 15) is 4.79 Å². The van der Waals surface area contributed by atoms with Crippen molar-refractivity contribution in [1.29, 1.82) is 0 Å². The van der Waals surface area contributed by atoms with Gasteiger partial charge in [-0.05, 0) is 30.3 Å². The number of amides is 1. The quantitative estimate of drug-likeness (QED) is 0.820. The van der Waals surface area contributed by atoms with Gasteiger partial charge in [-0.25, -0.2) is 0 Å². The molecule has 0 heterocycles. The number of halogens is 2. The number of rotatable bonds is 6. The lowest BCUT2D eigenvalue weighted by atomic mass is 10.2. The summed E-state index contributed by atoms with van der Waals surface area (Å²) in [7, 11) is 3.13. The predicted molar refractivity (Wildman–Crippen MR) is 93.1 cm³/mol. The van der Waals surface area contributed by atoms with Crippen molar-refractivity contribution in [2.75, 3.05) is 31.4 Å². The Balaban J connectivity index is 1.97. The van der Waals surface area contributed by atoms with Crippen LogP contribution in [0.25, 0.3) is 0 Å². The van der Waals surface area contributed by atoms with Gasteiger partial charge in [0.2, 0.25) is 5.91 Å².